The monoisotopic (exact) mass is 607 g/mol. The molecule has 0 saturated carbocycles. The van der Waals surface area contributed by atoms with Crippen LogP contribution in [0.3, 0.4) is 0 Å². The number of nitrogens with zero attached hydrogens (tertiary/aromatic N) is 2. The molecule has 3 aromatic carbocycles. The zero-order valence-corrected chi connectivity index (χ0v) is 25.5. The van der Waals surface area contributed by atoms with Crippen LogP contribution in [0.5, 0.6) is 5.75 Å². The number of pyridine rings is 1. The fraction of sp³-hybridized carbons (Fsp3) is 0.306. The summed E-state index contributed by atoms with van der Waals surface area (Å²) in [4.78, 5) is 31.9. The van der Waals surface area contributed by atoms with Crippen LogP contribution < -0.4 is 16.0 Å². The summed E-state index contributed by atoms with van der Waals surface area (Å²) in [7, 11) is 0. The van der Waals surface area contributed by atoms with Crippen molar-refractivity contribution in [2.75, 3.05) is 44.6 Å². The van der Waals surface area contributed by atoms with Gasteiger partial charge in [0, 0.05) is 44.5 Å². The van der Waals surface area contributed by atoms with Crippen LogP contribution in [0, 0.1) is 0 Å². The third kappa shape index (κ3) is 9.97. The smallest absolute Gasteiger partial charge is 0.411 e. The quantitative estimate of drug-likeness (QED) is 0.113. The Morgan fingerprint density at radius 3 is 2.33 bits per heavy atom. The van der Waals surface area contributed by atoms with E-state index in [2.05, 4.69) is 25.8 Å². The minimum Gasteiger partial charge on any atom is -0.508 e. The van der Waals surface area contributed by atoms with Crippen molar-refractivity contribution < 1.29 is 19.4 Å². The Kier molecular flexibility index (Phi) is 11.7. The van der Waals surface area contributed by atoms with Gasteiger partial charge in [0.15, 0.2) is 5.78 Å². The number of rotatable bonds is 14. The van der Waals surface area contributed by atoms with Gasteiger partial charge in [-0.25, -0.2) is 4.79 Å². The van der Waals surface area contributed by atoms with Crippen molar-refractivity contribution in [1.29, 1.82) is 0 Å². The average Bonchev–Trinajstić information content (AvgIpc) is 3.07. The predicted molar refractivity (Wildman–Crippen MR) is 176 cm³/mol. The van der Waals surface area contributed by atoms with Crippen LogP contribution in [-0.4, -0.2) is 72.2 Å². The first-order chi connectivity index (χ1) is 22.0. The summed E-state index contributed by atoms with van der Waals surface area (Å²) in [6.45, 7) is 4.89. The summed E-state index contributed by atoms with van der Waals surface area (Å²) >= 11 is 0. The van der Waals surface area contributed by atoms with E-state index in [-0.39, 0.29) is 24.2 Å². The number of phenolic OH excluding ortho intramolecular Hbond substituents is 1. The fourth-order valence-corrected chi connectivity index (χ4v) is 5.35. The number of ketones is 1. The maximum absolute atomic E-state index is 12.7. The molecule has 1 amide bonds. The summed E-state index contributed by atoms with van der Waals surface area (Å²) in [6, 6.07) is 28.6. The van der Waals surface area contributed by atoms with Gasteiger partial charge in [-0.05, 0) is 66.8 Å². The number of likely N-dealkylation sites (tertiary alicyclic amines) is 1. The number of para-hydroxylation sites is 1. The van der Waals surface area contributed by atoms with Crippen LogP contribution in [0.25, 0.3) is 11.1 Å². The van der Waals surface area contributed by atoms with E-state index in [1.807, 2.05) is 72.8 Å². The van der Waals surface area contributed by atoms with Gasteiger partial charge >= 0.3 is 6.09 Å². The van der Waals surface area contributed by atoms with Crippen molar-refractivity contribution in [2.24, 2.45) is 0 Å². The molecule has 1 saturated heterocycles. The molecule has 45 heavy (non-hydrogen) atoms. The third-order valence-corrected chi connectivity index (χ3v) is 7.91. The summed E-state index contributed by atoms with van der Waals surface area (Å²) < 4.78 is 5.74. The summed E-state index contributed by atoms with van der Waals surface area (Å²) in [5.41, 5.74) is 5.36. The summed E-state index contributed by atoms with van der Waals surface area (Å²) in [6.07, 6.45) is 3.60. The first-order valence-electron chi connectivity index (χ1n) is 15.6. The molecule has 2 heterocycles. The number of piperidine rings is 1. The molecule has 0 unspecified atom stereocenters. The average molecular weight is 608 g/mol. The number of benzene rings is 3. The molecule has 0 spiro atoms. The SMILES string of the molecule is O=C(Nc1ccccc1-c1ccccc1)OC1CCN(CCNCC(=O)c2ccc(CNCCc3ccc(O)cc3)cn2)CC1. The van der Waals surface area contributed by atoms with Crippen molar-refractivity contribution in [3.8, 4) is 16.9 Å². The van der Waals surface area contributed by atoms with Crippen LogP contribution in [-0.2, 0) is 17.7 Å². The van der Waals surface area contributed by atoms with E-state index in [0.717, 1.165) is 73.4 Å². The molecule has 1 fully saturated rings. The minimum atomic E-state index is -0.430. The number of carbonyl (C=O) groups excluding carboxylic acids is 2. The van der Waals surface area contributed by atoms with Crippen LogP contribution in [0.15, 0.2) is 97.2 Å². The highest BCUT2D eigenvalue weighted by molar-refractivity contribution is 5.95. The molecule has 4 aromatic rings. The molecule has 9 nitrogen and oxygen atoms in total. The zero-order chi connectivity index (χ0) is 31.3. The van der Waals surface area contributed by atoms with Gasteiger partial charge in [0.2, 0.25) is 0 Å². The molecular formula is C36H41N5O4. The van der Waals surface area contributed by atoms with Crippen molar-refractivity contribution in [1.82, 2.24) is 20.5 Å². The number of aromatic nitrogens is 1. The number of aromatic hydroxyl groups is 1. The van der Waals surface area contributed by atoms with Gasteiger partial charge in [-0.3, -0.25) is 15.1 Å². The van der Waals surface area contributed by atoms with Crippen molar-refractivity contribution in [3.63, 3.8) is 0 Å². The third-order valence-electron chi connectivity index (χ3n) is 7.91. The highest BCUT2D eigenvalue weighted by Gasteiger charge is 2.22. The molecule has 0 radical (unpaired) electrons. The van der Waals surface area contributed by atoms with Crippen molar-refractivity contribution in [2.45, 2.75) is 31.9 Å². The minimum absolute atomic E-state index is 0.0335. The largest absolute Gasteiger partial charge is 0.508 e. The van der Waals surface area contributed by atoms with Crippen LogP contribution in [0.1, 0.15) is 34.5 Å². The molecule has 0 atom stereocenters. The predicted octanol–water partition coefficient (Wildman–Crippen LogP) is 5.27. The second kappa shape index (κ2) is 16.5. The number of amides is 1. The first-order valence-corrected chi connectivity index (χ1v) is 15.6. The topological polar surface area (TPSA) is 116 Å². The van der Waals surface area contributed by atoms with E-state index in [9.17, 15) is 14.7 Å². The fourth-order valence-electron chi connectivity index (χ4n) is 5.35. The highest BCUT2D eigenvalue weighted by atomic mass is 16.6. The molecule has 1 aromatic heterocycles. The Hall–Kier alpha value is -4.57. The first kappa shape index (κ1) is 31.8. The van der Waals surface area contributed by atoms with Crippen LogP contribution in [0.2, 0.25) is 0 Å². The number of phenols is 1. The number of Topliss-reactive ketones (excluding diaryl/α,β-unsaturated/α-hetero) is 1. The maximum atomic E-state index is 12.7. The van der Waals surface area contributed by atoms with Gasteiger partial charge in [0.05, 0.1) is 12.2 Å². The number of carbonyl (C=O) groups is 2. The van der Waals surface area contributed by atoms with E-state index in [0.29, 0.717) is 18.8 Å². The van der Waals surface area contributed by atoms with Crippen LogP contribution in [0.4, 0.5) is 10.5 Å². The molecular weight excluding hydrogens is 566 g/mol. The standard InChI is InChI=1S/C36H41N5O4/c42-30-13-10-27(11-14-30)16-19-37-24-28-12-15-34(39-25-28)35(43)26-38-20-23-41-21-17-31(18-22-41)45-36(44)40-33-9-5-4-8-32(33)29-6-2-1-3-7-29/h1-15,25,31,37-38,42H,16-24,26H2,(H,40,44). The number of hydrogen-bond donors (Lipinski definition) is 4. The lowest BCUT2D eigenvalue weighted by Crippen LogP contribution is -2.42. The lowest BCUT2D eigenvalue weighted by molar-refractivity contribution is 0.0593. The van der Waals surface area contributed by atoms with Gasteiger partial charge < -0.3 is 25.4 Å². The summed E-state index contributed by atoms with van der Waals surface area (Å²) in [5, 5.41) is 18.9. The lowest BCUT2D eigenvalue weighted by atomic mass is 10.0. The Bertz CT molecular complexity index is 1500. The van der Waals surface area contributed by atoms with E-state index >= 15 is 0 Å². The normalized spacial score (nSPS) is 13.8. The van der Waals surface area contributed by atoms with E-state index in [1.165, 1.54) is 0 Å². The van der Waals surface area contributed by atoms with Crippen molar-refractivity contribution >= 4 is 17.6 Å². The molecule has 5 rings (SSSR count). The Morgan fingerprint density at radius 1 is 0.844 bits per heavy atom. The molecule has 234 valence electrons. The number of nitrogens with one attached hydrogen (secondary N) is 3. The number of hydrogen-bond acceptors (Lipinski definition) is 8. The molecule has 0 bridgehead atoms. The molecule has 9 heteroatoms. The van der Waals surface area contributed by atoms with Gasteiger partial charge in [0.25, 0.3) is 0 Å². The Morgan fingerprint density at radius 2 is 1.58 bits per heavy atom. The molecule has 4 N–H and O–H groups in total. The maximum Gasteiger partial charge on any atom is 0.411 e. The van der Waals surface area contributed by atoms with Gasteiger partial charge in [-0.2, -0.15) is 0 Å². The Balaban J connectivity index is 0.941. The Labute approximate surface area is 264 Å². The van der Waals surface area contributed by atoms with Gasteiger partial charge in [0.1, 0.15) is 17.5 Å². The lowest BCUT2D eigenvalue weighted by Gasteiger charge is -2.31. The van der Waals surface area contributed by atoms with E-state index < -0.39 is 6.09 Å². The molecule has 0 aliphatic carbocycles. The van der Waals surface area contributed by atoms with E-state index in [4.69, 9.17) is 4.74 Å². The second-order valence-electron chi connectivity index (χ2n) is 11.2. The van der Waals surface area contributed by atoms with Crippen molar-refractivity contribution in [3.05, 3.63) is 114 Å². The van der Waals surface area contributed by atoms with Crippen LogP contribution >= 0.6 is 0 Å². The second-order valence-corrected chi connectivity index (χ2v) is 11.2. The number of anilines is 1. The molecule has 1 aliphatic rings. The zero-order valence-electron chi connectivity index (χ0n) is 25.5. The highest BCUT2D eigenvalue weighted by Crippen LogP contribution is 2.28. The van der Waals surface area contributed by atoms with Gasteiger partial charge in [-0.15, -0.1) is 0 Å². The summed E-state index contributed by atoms with van der Waals surface area (Å²) in [5.74, 6) is 0.240. The number of ether oxygens (including phenoxy) is 1. The van der Waals surface area contributed by atoms with E-state index in [1.54, 1.807) is 24.4 Å². The molecule has 1 aliphatic heterocycles. The van der Waals surface area contributed by atoms with Gasteiger partial charge in [-0.1, -0.05) is 66.7 Å².